The van der Waals surface area contributed by atoms with E-state index in [1.807, 2.05) is 30.3 Å². The minimum absolute atomic E-state index is 0. The fourth-order valence-corrected chi connectivity index (χ4v) is 1.28. The third-order valence-corrected chi connectivity index (χ3v) is 2.14. The topological polar surface area (TPSA) is 59.6 Å². The van der Waals surface area contributed by atoms with Gasteiger partial charge in [-0.25, -0.2) is 0 Å². The Morgan fingerprint density at radius 1 is 1.33 bits per heavy atom. The van der Waals surface area contributed by atoms with E-state index >= 15 is 0 Å². The van der Waals surface area contributed by atoms with Gasteiger partial charge in [-0.15, -0.1) is 24.0 Å². The lowest BCUT2D eigenvalue weighted by molar-refractivity contribution is 0.311. The maximum absolute atomic E-state index is 5.65. The van der Waals surface area contributed by atoms with Gasteiger partial charge in [0.15, 0.2) is 5.96 Å². The molecular weight excluding hydrogens is 341 g/mol. The molecule has 3 N–H and O–H groups in total. The van der Waals surface area contributed by atoms with E-state index in [0.717, 1.165) is 31.7 Å². The van der Waals surface area contributed by atoms with Crippen LogP contribution >= 0.6 is 24.0 Å². The standard InChI is InChI=1S/C13H21N3O.HI/c1-2-9-15-13(14)16-10-6-11-17-12-7-4-3-5-8-12;/h3-5,7-8H,2,6,9-11H2,1H3,(H3,14,15,16);1H. The number of rotatable bonds is 7. The van der Waals surface area contributed by atoms with Gasteiger partial charge in [-0.1, -0.05) is 25.1 Å². The largest absolute Gasteiger partial charge is 0.494 e. The van der Waals surface area contributed by atoms with Crippen molar-refractivity contribution in [2.75, 3.05) is 19.7 Å². The summed E-state index contributed by atoms with van der Waals surface area (Å²) in [5.41, 5.74) is 5.65. The number of halogens is 1. The first-order valence-electron chi connectivity index (χ1n) is 6.04. The number of benzene rings is 1. The molecule has 1 aromatic carbocycles. The first-order chi connectivity index (χ1) is 8.33. The van der Waals surface area contributed by atoms with Crippen molar-refractivity contribution in [3.63, 3.8) is 0 Å². The fourth-order valence-electron chi connectivity index (χ4n) is 1.28. The quantitative estimate of drug-likeness (QED) is 0.339. The summed E-state index contributed by atoms with van der Waals surface area (Å²) in [7, 11) is 0. The highest BCUT2D eigenvalue weighted by Crippen LogP contribution is 2.07. The molecule has 0 aliphatic rings. The number of nitrogens with two attached hydrogens (primary N) is 1. The Labute approximate surface area is 126 Å². The van der Waals surface area contributed by atoms with E-state index in [1.165, 1.54) is 0 Å². The summed E-state index contributed by atoms with van der Waals surface area (Å²) in [4.78, 5) is 4.14. The maximum Gasteiger partial charge on any atom is 0.188 e. The number of ether oxygens (including phenoxy) is 1. The minimum Gasteiger partial charge on any atom is -0.494 e. The van der Waals surface area contributed by atoms with Crippen LogP contribution in [0, 0.1) is 0 Å². The van der Waals surface area contributed by atoms with Crippen molar-refractivity contribution in [2.24, 2.45) is 10.7 Å². The van der Waals surface area contributed by atoms with Crippen molar-refractivity contribution in [3.8, 4) is 5.75 Å². The molecule has 18 heavy (non-hydrogen) atoms. The van der Waals surface area contributed by atoms with Crippen LogP contribution in [-0.4, -0.2) is 25.7 Å². The summed E-state index contributed by atoms with van der Waals surface area (Å²) in [5.74, 6) is 1.42. The zero-order valence-electron chi connectivity index (χ0n) is 10.8. The number of hydrogen-bond acceptors (Lipinski definition) is 2. The average molecular weight is 363 g/mol. The molecule has 0 atom stereocenters. The van der Waals surface area contributed by atoms with Gasteiger partial charge in [0, 0.05) is 13.1 Å². The molecule has 0 aliphatic carbocycles. The number of hydrogen-bond donors (Lipinski definition) is 2. The lowest BCUT2D eigenvalue weighted by Gasteiger charge is -2.07. The SMILES string of the molecule is CCCN=C(N)NCCCOc1ccccc1.I. The second-order valence-corrected chi connectivity index (χ2v) is 3.71. The molecule has 0 radical (unpaired) electrons. The van der Waals surface area contributed by atoms with Crippen molar-refractivity contribution >= 4 is 29.9 Å². The summed E-state index contributed by atoms with van der Waals surface area (Å²) < 4.78 is 5.55. The zero-order valence-corrected chi connectivity index (χ0v) is 13.1. The van der Waals surface area contributed by atoms with Crippen LogP contribution < -0.4 is 15.8 Å². The highest BCUT2D eigenvalue weighted by molar-refractivity contribution is 14.0. The Kier molecular flexibility index (Phi) is 10.5. The highest BCUT2D eigenvalue weighted by atomic mass is 127. The number of para-hydroxylation sites is 1. The molecule has 0 amide bonds. The molecule has 0 saturated heterocycles. The van der Waals surface area contributed by atoms with Crippen molar-refractivity contribution in [1.29, 1.82) is 0 Å². The van der Waals surface area contributed by atoms with Crippen molar-refractivity contribution in [3.05, 3.63) is 30.3 Å². The van der Waals surface area contributed by atoms with E-state index in [-0.39, 0.29) is 24.0 Å². The first-order valence-corrected chi connectivity index (χ1v) is 6.04. The Morgan fingerprint density at radius 3 is 2.72 bits per heavy atom. The maximum atomic E-state index is 5.65. The lowest BCUT2D eigenvalue weighted by Crippen LogP contribution is -2.33. The van der Waals surface area contributed by atoms with Crippen LogP contribution in [0.4, 0.5) is 0 Å². The van der Waals surface area contributed by atoms with Crippen molar-refractivity contribution < 1.29 is 4.74 Å². The van der Waals surface area contributed by atoms with Gasteiger partial charge >= 0.3 is 0 Å². The Morgan fingerprint density at radius 2 is 2.06 bits per heavy atom. The molecule has 102 valence electrons. The number of guanidine groups is 1. The molecule has 0 saturated carbocycles. The van der Waals surface area contributed by atoms with Crippen LogP contribution in [-0.2, 0) is 0 Å². The lowest BCUT2D eigenvalue weighted by atomic mass is 10.3. The summed E-state index contributed by atoms with van der Waals surface area (Å²) in [6.07, 6.45) is 1.91. The summed E-state index contributed by atoms with van der Waals surface area (Å²) in [5, 5.41) is 3.05. The molecule has 1 rings (SSSR count). The number of aliphatic imine (C=N–C) groups is 1. The van der Waals surface area contributed by atoms with E-state index in [1.54, 1.807) is 0 Å². The van der Waals surface area contributed by atoms with Gasteiger partial charge < -0.3 is 15.8 Å². The van der Waals surface area contributed by atoms with Gasteiger partial charge in [0.25, 0.3) is 0 Å². The molecular formula is C13H22IN3O. The van der Waals surface area contributed by atoms with Gasteiger partial charge in [0.1, 0.15) is 5.75 Å². The zero-order chi connectivity index (χ0) is 12.3. The van der Waals surface area contributed by atoms with Gasteiger partial charge in [0.2, 0.25) is 0 Å². The first kappa shape index (κ1) is 17.0. The minimum atomic E-state index is 0. The van der Waals surface area contributed by atoms with Crippen molar-refractivity contribution in [1.82, 2.24) is 5.32 Å². The smallest absolute Gasteiger partial charge is 0.188 e. The molecule has 1 aromatic rings. The third-order valence-electron chi connectivity index (χ3n) is 2.14. The Hall–Kier alpha value is -0.980. The normalized spacial score (nSPS) is 10.6. The van der Waals surface area contributed by atoms with Gasteiger partial charge in [-0.05, 0) is 25.0 Å². The number of nitrogens with zero attached hydrogens (tertiary/aromatic N) is 1. The molecule has 4 nitrogen and oxygen atoms in total. The Bertz CT molecular complexity index is 330. The van der Waals surface area contributed by atoms with Crippen LogP contribution in [0.5, 0.6) is 5.75 Å². The molecule has 0 aliphatic heterocycles. The summed E-state index contributed by atoms with van der Waals surface area (Å²) >= 11 is 0. The van der Waals surface area contributed by atoms with Crippen LogP contribution in [0.3, 0.4) is 0 Å². The van der Waals surface area contributed by atoms with Gasteiger partial charge in [-0.2, -0.15) is 0 Å². The predicted molar refractivity (Wildman–Crippen MR) is 86.8 cm³/mol. The van der Waals surface area contributed by atoms with Crippen LogP contribution in [0.2, 0.25) is 0 Å². The average Bonchev–Trinajstić information content (AvgIpc) is 2.37. The second kappa shape index (κ2) is 11.1. The summed E-state index contributed by atoms with van der Waals surface area (Å²) in [6, 6.07) is 9.79. The van der Waals surface area contributed by atoms with Crippen molar-refractivity contribution in [2.45, 2.75) is 19.8 Å². The van der Waals surface area contributed by atoms with E-state index in [2.05, 4.69) is 17.2 Å². The summed E-state index contributed by atoms with van der Waals surface area (Å²) in [6.45, 7) is 4.31. The molecule has 0 heterocycles. The molecule has 0 bridgehead atoms. The van der Waals surface area contributed by atoms with E-state index < -0.39 is 0 Å². The molecule has 0 aromatic heterocycles. The van der Waals surface area contributed by atoms with Crippen LogP contribution in [0.1, 0.15) is 19.8 Å². The van der Waals surface area contributed by atoms with E-state index in [9.17, 15) is 0 Å². The third kappa shape index (κ3) is 8.16. The van der Waals surface area contributed by atoms with Crippen LogP contribution in [0.25, 0.3) is 0 Å². The molecule has 0 unspecified atom stereocenters. The molecule has 5 heteroatoms. The number of nitrogens with one attached hydrogen (secondary N) is 1. The van der Waals surface area contributed by atoms with Gasteiger partial charge in [0.05, 0.1) is 6.61 Å². The molecule has 0 spiro atoms. The fraction of sp³-hybridized carbons (Fsp3) is 0.462. The Balaban J connectivity index is 0.00000289. The monoisotopic (exact) mass is 363 g/mol. The predicted octanol–water partition coefficient (Wildman–Crippen LogP) is 2.39. The van der Waals surface area contributed by atoms with Gasteiger partial charge in [-0.3, -0.25) is 4.99 Å². The van der Waals surface area contributed by atoms with E-state index in [0.29, 0.717) is 12.6 Å². The molecule has 0 fully saturated rings. The van der Waals surface area contributed by atoms with Crippen LogP contribution in [0.15, 0.2) is 35.3 Å². The van der Waals surface area contributed by atoms with E-state index in [4.69, 9.17) is 10.5 Å². The highest BCUT2D eigenvalue weighted by Gasteiger charge is 1.93. The second-order valence-electron chi connectivity index (χ2n) is 3.71.